The maximum absolute atomic E-state index is 4.52. The van der Waals surface area contributed by atoms with Crippen molar-refractivity contribution >= 4 is 41.4 Å². The zero-order chi connectivity index (χ0) is 22.9. The van der Waals surface area contributed by atoms with E-state index in [-0.39, 0.29) is 24.0 Å². The van der Waals surface area contributed by atoms with E-state index in [0.717, 1.165) is 70.7 Å². The molecule has 0 bridgehead atoms. The number of aryl methyl sites for hydroxylation is 1. The second-order valence-corrected chi connectivity index (χ2v) is 9.01. The summed E-state index contributed by atoms with van der Waals surface area (Å²) < 4.78 is 0. The second kappa shape index (κ2) is 13.7. The average molecular weight is 578 g/mol. The van der Waals surface area contributed by atoms with Crippen LogP contribution >= 0.6 is 24.0 Å². The van der Waals surface area contributed by atoms with Gasteiger partial charge in [-0.1, -0.05) is 18.2 Å². The highest BCUT2D eigenvalue weighted by molar-refractivity contribution is 14.0. The third kappa shape index (κ3) is 7.46. The van der Waals surface area contributed by atoms with E-state index < -0.39 is 0 Å². The number of rotatable bonds is 7. The molecule has 2 fully saturated rings. The van der Waals surface area contributed by atoms with Crippen LogP contribution in [0.5, 0.6) is 0 Å². The fourth-order valence-electron chi connectivity index (χ4n) is 4.74. The Labute approximate surface area is 222 Å². The monoisotopic (exact) mass is 577 g/mol. The number of nitrogens with one attached hydrogen (secondary N) is 1. The van der Waals surface area contributed by atoms with Crippen molar-refractivity contribution in [2.24, 2.45) is 4.99 Å². The number of aliphatic imine (C=N–C) groups is 1. The van der Waals surface area contributed by atoms with E-state index in [1.807, 2.05) is 19.3 Å². The summed E-state index contributed by atoms with van der Waals surface area (Å²) in [6.07, 6.45) is 4.26. The number of piperazine rings is 2. The number of pyridine rings is 1. The number of guanidine groups is 1. The van der Waals surface area contributed by atoms with Crippen LogP contribution < -0.4 is 15.1 Å². The summed E-state index contributed by atoms with van der Waals surface area (Å²) in [6.45, 7) is 12.8. The molecule has 4 rings (SSSR count). The van der Waals surface area contributed by atoms with Crippen LogP contribution in [-0.4, -0.2) is 93.2 Å². The number of unbranched alkanes of at least 4 members (excludes halogenated alkanes) is 1. The van der Waals surface area contributed by atoms with Gasteiger partial charge in [-0.3, -0.25) is 9.89 Å². The van der Waals surface area contributed by atoms with Crippen molar-refractivity contribution in [2.45, 2.75) is 19.8 Å². The first kappa shape index (κ1) is 26.5. The zero-order valence-corrected chi connectivity index (χ0v) is 23.0. The molecule has 3 heterocycles. The highest BCUT2D eigenvalue weighted by Gasteiger charge is 2.20. The van der Waals surface area contributed by atoms with Gasteiger partial charge in [0, 0.05) is 77.8 Å². The number of halogens is 1. The van der Waals surface area contributed by atoms with E-state index in [2.05, 4.69) is 78.2 Å². The van der Waals surface area contributed by atoms with E-state index in [4.69, 9.17) is 0 Å². The molecule has 34 heavy (non-hydrogen) atoms. The van der Waals surface area contributed by atoms with Crippen LogP contribution in [0.2, 0.25) is 0 Å². The van der Waals surface area contributed by atoms with Crippen LogP contribution in [0, 0.1) is 6.92 Å². The van der Waals surface area contributed by atoms with Gasteiger partial charge in [-0.2, -0.15) is 0 Å². The van der Waals surface area contributed by atoms with Gasteiger partial charge in [-0.05, 0) is 56.1 Å². The predicted octanol–water partition coefficient (Wildman–Crippen LogP) is 3.31. The Kier molecular flexibility index (Phi) is 10.7. The third-order valence-corrected chi connectivity index (χ3v) is 6.69. The molecule has 0 aliphatic carbocycles. The second-order valence-electron chi connectivity index (χ2n) is 9.01. The minimum atomic E-state index is 0. The summed E-state index contributed by atoms with van der Waals surface area (Å²) in [4.78, 5) is 18.8. The Hall–Kier alpha value is -2.07. The molecule has 186 valence electrons. The molecule has 2 aromatic rings. The smallest absolute Gasteiger partial charge is 0.193 e. The number of aromatic nitrogens is 1. The maximum atomic E-state index is 4.52. The molecule has 0 unspecified atom stereocenters. The molecule has 2 aliphatic heterocycles. The molecule has 1 aromatic carbocycles. The van der Waals surface area contributed by atoms with Crippen molar-refractivity contribution < 1.29 is 0 Å². The lowest BCUT2D eigenvalue weighted by Gasteiger charge is -2.37. The Morgan fingerprint density at radius 3 is 2.35 bits per heavy atom. The molecule has 2 saturated heterocycles. The van der Waals surface area contributed by atoms with E-state index in [9.17, 15) is 0 Å². The van der Waals surface area contributed by atoms with Gasteiger partial charge in [0.05, 0.1) is 0 Å². The minimum absolute atomic E-state index is 0. The standard InChI is InChI=1S/C26H39N7.HI/c1-23-8-7-9-24(22-23)31-16-14-30(15-17-31)13-6-5-12-29-26(27-2)33-20-18-32(19-21-33)25-10-3-4-11-28-25;/h3-4,7-11,22H,5-6,12-21H2,1-2H3,(H,27,29);1H. The SMILES string of the molecule is CN=C(NCCCCN1CCN(c2cccc(C)c2)CC1)N1CCN(c2ccccn2)CC1.I. The van der Waals surface area contributed by atoms with Gasteiger partial charge in [0.2, 0.25) is 0 Å². The van der Waals surface area contributed by atoms with Gasteiger partial charge < -0.3 is 20.0 Å². The lowest BCUT2D eigenvalue weighted by Crippen LogP contribution is -2.52. The largest absolute Gasteiger partial charge is 0.369 e. The lowest BCUT2D eigenvalue weighted by atomic mass is 10.2. The average Bonchev–Trinajstić information content (AvgIpc) is 2.87. The van der Waals surface area contributed by atoms with E-state index in [0.29, 0.717) is 0 Å². The Bertz CT molecular complexity index is 876. The van der Waals surface area contributed by atoms with Crippen molar-refractivity contribution in [1.29, 1.82) is 0 Å². The molecular formula is C26H40IN7. The fourth-order valence-corrected chi connectivity index (χ4v) is 4.74. The Balaban J connectivity index is 0.00000324. The number of hydrogen-bond donors (Lipinski definition) is 1. The molecule has 0 saturated carbocycles. The van der Waals surface area contributed by atoms with Crippen LogP contribution in [0.1, 0.15) is 18.4 Å². The number of hydrogen-bond acceptors (Lipinski definition) is 5. The van der Waals surface area contributed by atoms with Crippen molar-refractivity contribution in [3.63, 3.8) is 0 Å². The molecule has 1 N–H and O–H groups in total. The summed E-state index contributed by atoms with van der Waals surface area (Å²) in [5, 5.41) is 3.58. The Morgan fingerprint density at radius 2 is 1.68 bits per heavy atom. The quantitative estimate of drug-likeness (QED) is 0.236. The Morgan fingerprint density at radius 1 is 0.912 bits per heavy atom. The highest BCUT2D eigenvalue weighted by Crippen LogP contribution is 2.18. The first-order valence-electron chi connectivity index (χ1n) is 12.4. The molecule has 0 atom stereocenters. The molecule has 0 radical (unpaired) electrons. The van der Waals surface area contributed by atoms with Gasteiger partial charge in [0.1, 0.15) is 5.82 Å². The summed E-state index contributed by atoms with van der Waals surface area (Å²) in [5.41, 5.74) is 2.71. The molecule has 0 amide bonds. The number of benzene rings is 1. The van der Waals surface area contributed by atoms with Crippen molar-refractivity contribution in [2.75, 3.05) is 82.3 Å². The van der Waals surface area contributed by atoms with Gasteiger partial charge in [0.25, 0.3) is 0 Å². The van der Waals surface area contributed by atoms with Crippen molar-refractivity contribution in [3.05, 3.63) is 54.2 Å². The van der Waals surface area contributed by atoms with Gasteiger partial charge >= 0.3 is 0 Å². The van der Waals surface area contributed by atoms with Crippen LogP contribution in [0.15, 0.2) is 53.7 Å². The molecule has 7 nitrogen and oxygen atoms in total. The van der Waals surface area contributed by atoms with Gasteiger partial charge in [0.15, 0.2) is 5.96 Å². The zero-order valence-electron chi connectivity index (χ0n) is 20.7. The van der Waals surface area contributed by atoms with Crippen LogP contribution in [0.3, 0.4) is 0 Å². The van der Waals surface area contributed by atoms with E-state index >= 15 is 0 Å². The fraction of sp³-hybridized carbons (Fsp3) is 0.538. The molecule has 8 heteroatoms. The molecule has 2 aliphatic rings. The van der Waals surface area contributed by atoms with Crippen LogP contribution in [0.4, 0.5) is 11.5 Å². The topological polar surface area (TPSA) is 50.2 Å². The number of nitrogens with zero attached hydrogens (tertiary/aromatic N) is 6. The molecule has 0 spiro atoms. The minimum Gasteiger partial charge on any atom is -0.369 e. The van der Waals surface area contributed by atoms with Gasteiger partial charge in [-0.25, -0.2) is 4.98 Å². The maximum Gasteiger partial charge on any atom is 0.193 e. The predicted molar refractivity (Wildman–Crippen MR) is 154 cm³/mol. The third-order valence-electron chi connectivity index (χ3n) is 6.69. The van der Waals surface area contributed by atoms with Crippen LogP contribution in [0.25, 0.3) is 0 Å². The highest BCUT2D eigenvalue weighted by atomic mass is 127. The summed E-state index contributed by atoms with van der Waals surface area (Å²) in [6, 6.07) is 15.0. The summed E-state index contributed by atoms with van der Waals surface area (Å²) in [5.74, 6) is 2.10. The summed E-state index contributed by atoms with van der Waals surface area (Å²) in [7, 11) is 1.89. The van der Waals surface area contributed by atoms with Gasteiger partial charge in [-0.15, -0.1) is 24.0 Å². The lowest BCUT2D eigenvalue weighted by molar-refractivity contribution is 0.253. The normalized spacial score (nSPS) is 17.5. The molecular weight excluding hydrogens is 537 g/mol. The van der Waals surface area contributed by atoms with E-state index in [1.54, 1.807) is 0 Å². The van der Waals surface area contributed by atoms with Crippen molar-refractivity contribution in [3.8, 4) is 0 Å². The van der Waals surface area contributed by atoms with Crippen molar-refractivity contribution in [1.82, 2.24) is 20.1 Å². The number of anilines is 2. The first-order chi connectivity index (χ1) is 16.2. The van der Waals surface area contributed by atoms with E-state index in [1.165, 1.54) is 30.6 Å². The summed E-state index contributed by atoms with van der Waals surface area (Å²) >= 11 is 0. The molecule has 1 aromatic heterocycles. The first-order valence-corrected chi connectivity index (χ1v) is 12.4. The van der Waals surface area contributed by atoms with Crippen LogP contribution in [-0.2, 0) is 0 Å².